The first kappa shape index (κ1) is 58.5. The standard InChI is InChI=1S/C62H97FN10O5/c1-10-28-69(48-17-18-53-50(34-48)52(35-61(7,8)41-78-45(6)74)58(71(53)11-2)51-33-47(46-19-26-64-27-20-46)36-65-55(51)44(5)77-9)31-21-54(70-39-62(40-70)22-15-23-62)56(60(76)73-30-13-12-25-66-73)67-59(75)57-43(4)42(3)37-68(32-24-63)38-49-16-14-29-72(49)57/h17-18,33-34,36,42-44,46,49,54,56-57,64,66H,10-16,19-32,35,37-41H2,1-9H3,(H,67,75)/t42?,43?,44-,49-,54+,56-,57-/m0/s1. The normalized spacial score (nSPS) is 24.7. The maximum Gasteiger partial charge on any atom is 0.302 e. The van der Waals surface area contributed by atoms with E-state index in [4.69, 9.17) is 14.5 Å². The van der Waals surface area contributed by atoms with Gasteiger partial charge in [-0.1, -0.05) is 41.0 Å². The molecule has 2 aromatic heterocycles. The van der Waals surface area contributed by atoms with E-state index in [9.17, 15) is 9.18 Å². The number of likely N-dealkylation sites (tertiary alicyclic amines) is 1. The number of benzene rings is 1. The topological polar surface area (TPSA) is 140 Å². The zero-order valence-electron chi connectivity index (χ0n) is 49.1. The minimum absolute atomic E-state index is 0.0115. The molecule has 16 heteroatoms. The van der Waals surface area contributed by atoms with Crippen LogP contribution in [-0.4, -0.2) is 170 Å². The molecule has 6 aliphatic rings. The van der Waals surface area contributed by atoms with Gasteiger partial charge in [0.25, 0.3) is 5.91 Å². The quantitative estimate of drug-likeness (QED) is 0.0832. The number of nitrogens with zero attached hydrogens (tertiary/aromatic N) is 7. The van der Waals surface area contributed by atoms with Gasteiger partial charge in [0.15, 0.2) is 0 Å². The number of aromatic nitrogens is 2. The van der Waals surface area contributed by atoms with Gasteiger partial charge in [-0.15, -0.1) is 0 Å². The predicted molar refractivity (Wildman–Crippen MR) is 309 cm³/mol. The molecule has 1 aliphatic carbocycles. The largest absolute Gasteiger partial charge is 0.465 e. The van der Waals surface area contributed by atoms with Gasteiger partial charge in [-0.05, 0) is 163 Å². The van der Waals surface area contributed by atoms with Crippen molar-refractivity contribution in [2.24, 2.45) is 22.7 Å². The van der Waals surface area contributed by atoms with Gasteiger partial charge in [0, 0.05) is 125 Å². The third-order valence-electron chi connectivity index (χ3n) is 19.2. The summed E-state index contributed by atoms with van der Waals surface area (Å²) in [5.41, 5.74) is 11.2. The maximum absolute atomic E-state index is 15.4. The zero-order valence-corrected chi connectivity index (χ0v) is 49.1. The Kier molecular flexibility index (Phi) is 19.3. The van der Waals surface area contributed by atoms with E-state index in [1.54, 1.807) is 7.11 Å². The number of nitrogens with one attached hydrogen (secondary N) is 3. The molecule has 15 nitrogen and oxygen atoms in total. The number of hydrazine groups is 1. The lowest BCUT2D eigenvalue weighted by Crippen LogP contribution is -2.71. The van der Waals surface area contributed by atoms with Crippen molar-refractivity contribution in [2.45, 2.75) is 175 Å². The van der Waals surface area contributed by atoms with Crippen LogP contribution in [0.1, 0.15) is 155 Å². The van der Waals surface area contributed by atoms with Crippen LogP contribution in [-0.2, 0) is 36.8 Å². The number of aryl methyl sites for hydroxylation is 1. The zero-order chi connectivity index (χ0) is 55.3. The highest BCUT2D eigenvalue weighted by Gasteiger charge is 2.52. The van der Waals surface area contributed by atoms with Crippen LogP contribution in [0, 0.1) is 22.7 Å². The fraction of sp³-hybridized carbons (Fsp3) is 0.742. The van der Waals surface area contributed by atoms with Crippen molar-refractivity contribution in [3.63, 3.8) is 0 Å². The molecule has 9 rings (SSSR count). The molecule has 1 spiro atoms. The second-order valence-electron chi connectivity index (χ2n) is 25.5. The van der Waals surface area contributed by atoms with Gasteiger partial charge in [0.05, 0.1) is 30.1 Å². The maximum atomic E-state index is 15.4. The number of methoxy groups -OCH3 is 1. The van der Waals surface area contributed by atoms with E-state index in [0.717, 1.165) is 139 Å². The van der Waals surface area contributed by atoms with Crippen molar-refractivity contribution in [3.8, 4) is 11.3 Å². The second kappa shape index (κ2) is 25.7. The van der Waals surface area contributed by atoms with Gasteiger partial charge in [-0.25, -0.2) is 9.82 Å². The Balaban J connectivity index is 1.10. The summed E-state index contributed by atoms with van der Waals surface area (Å²) in [6.07, 6.45) is 13.8. The van der Waals surface area contributed by atoms with Crippen molar-refractivity contribution in [2.75, 3.05) is 104 Å². The fourth-order valence-corrected chi connectivity index (χ4v) is 14.6. The summed E-state index contributed by atoms with van der Waals surface area (Å²) in [5, 5.41) is 10.1. The van der Waals surface area contributed by atoms with E-state index >= 15 is 9.59 Å². The highest BCUT2D eigenvalue weighted by atomic mass is 19.1. The number of rotatable bonds is 22. The molecular formula is C62H97FN10O5. The molecular weight excluding hydrogens is 984 g/mol. The number of esters is 1. The number of carbonyl (C=O) groups is 3. The minimum atomic E-state index is -0.742. The average Bonchev–Trinajstić information content (AvgIpc) is 4.09. The lowest BCUT2D eigenvalue weighted by Gasteiger charge is -2.59. The summed E-state index contributed by atoms with van der Waals surface area (Å²) in [6.45, 7) is 27.0. The van der Waals surface area contributed by atoms with E-state index in [0.29, 0.717) is 43.8 Å². The predicted octanol–water partition coefficient (Wildman–Crippen LogP) is 8.49. The number of anilines is 1. The summed E-state index contributed by atoms with van der Waals surface area (Å²) in [4.78, 5) is 58.1. The van der Waals surface area contributed by atoms with Crippen LogP contribution < -0.4 is 21.0 Å². The average molecular weight is 1080 g/mol. The molecule has 432 valence electrons. The molecule has 0 bridgehead atoms. The molecule has 3 aromatic rings. The summed E-state index contributed by atoms with van der Waals surface area (Å²) in [7, 11) is 1.76. The number of amides is 2. The molecule has 1 aromatic carbocycles. The minimum Gasteiger partial charge on any atom is -0.465 e. The van der Waals surface area contributed by atoms with E-state index in [2.05, 4.69) is 119 Å². The fourth-order valence-electron chi connectivity index (χ4n) is 14.6. The first-order valence-electron chi connectivity index (χ1n) is 30.5. The lowest BCUT2D eigenvalue weighted by molar-refractivity contribution is -0.149. The summed E-state index contributed by atoms with van der Waals surface area (Å²) < 4.78 is 28.1. The number of ether oxygens (including phenoxy) is 2. The third-order valence-corrected chi connectivity index (χ3v) is 19.2. The van der Waals surface area contributed by atoms with E-state index < -0.39 is 11.5 Å². The molecule has 2 unspecified atom stereocenters. The number of alkyl halides is 1. The van der Waals surface area contributed by atoms with Crippen LogP contribution >= 0.6 is 0 Å². The van der Waals surface area contributed by atoms with Crippen LogP contribution in [0.3, 0.4) is 0 Å². The Hall–Kier alpha value is -4.19. The van der Waals surface area contributed by atoms with Crippen molar-refractivity contribution < 1.29 is 28.2 Å². The Morgan fingerprint density at radius 2 is 1.77 bits per heavy atom. The van der Waals surface area contributed by atoms with Gasteiger partial charge in [-0.2, -0.15) is 0 Å². The number of piperidine rings is 1. The van der Waals surface area contributed by atoms with Gasteiger partial charge in [0.2, 0.25) is 5.91 Å². The van der Waals surface area contributed by atoms with Crippen molar-refractivity contribution in [1.29, 1.82) is 0 Å². The number of carbonyl (C=O) groups excluding carboxylic acids is 3. The number of hydrogen-bond donors (Lipinski definition) is 3. The third kappa shape index (κ3) is 12.8. The monoisotopic (exact) mass is 1080 g/mol. The van der Waals surface area contributed by atoms with Crippen molar-refractivity contribution >= 4 is 34.4 Å². The molecule has 5 aliphatic heterocycles. The van der Waals surface area contributed by atoms with Crippen molar-refractivity contribution in [1.82, 2.24) is 45.3 Å². The number of halogens is 1. The van der Waals surface area contributed by atoms with Crippen LogP contribution in [0.4, 0.5) is 10.1 Å². The first-order valence-corrected chi connectivity index (χ1v) is 30.5. The van der Waals surface area contributed by atoms with Gasteiger partial charge < -0.3 is 29.6 Å². The number of pyridine rings is 1. The van der Waals surface area contributed by atoms with E-state index in [1.165, 1.54) is 42.7 Å². The SMILES string of the molecule is CCCN(CC[C@H]([C@H](NC(=O)[C@@H]1C(C)C(C)CN(CCF)C[C@@H]2CCCN21)C(=O)N1CCCCN1)N1CC2(CCC2)C1)c1ccc2c(c1)c(CC(C)(C)COC(C)=O)c(-c1cc(C3CCNCC3)cnc1[C@H](C)OC)n2CC. The summed E-state index contributed by atoms with van der Waals surface area (Å²) in [6, 6.07) is 8.20. The van der Waals surface area contributed by atoms with Crippen LogP contribution in [0.2, 0.25) is 0 Å². The smallest absolute Gasteiger partial charge is 0.302 e. The van der Waals surface area contributed by atoms with E-state index in [-0.39, 0.29) is 67.1 Å². The Bertz CT molecular complexity index is 2510. The highest BCUT2D eigenvalue weighted by Crippen LogP contribution is 2.50. The van der Waals surface area contributed by atoms with Crippen LogP contribution in [0.15, 0.2) is 30.5 Å². The Morgan fingerprint density at radius 1 is 0.987 bits per heavy atom. The molecule has 6 fully saturated rings. The van der Waals surface area contributed by atoms with Crippen LogP contribution in [0.25, 0.3) is 22.2 Å². The second-order valence-corrected chi connectivity index (χ2v) is 25.5. The lowest BCUT2D eigenvalue weighted by atomic mass is 9.63. The highest BCUT2D eigenvalue weighted by molar-refractivity contribution is 5.95. The van der Waals surface area contributed by atoms with Gasteiger partial charge >= 0.3 is 5.97 Å². The molecule has 0 radical (unpaired) electrons. The molecule has 3 N–H and O–H groups in total. The molecule has 5 saturated heterocycles. The number of fused-ring (bicyclic) bond motifs is 2. The van der Waals surface area contributed by atoms with Crippen molar-refractivity contribution in [3.05, 3.63) is 47.3 Å². The molecule has 7 atom stereocenters. The Labute approximate surface area is 466 Å². The van der Waals surface area contributed by atoms with Crippen LogP contribution in [0.5, 0.6) is 0 Å². The van der Waals surface area contributed by atoms with E-state index in [1.807, 2.05) is 5.01 Å². The summed E-state index contributed by atoms with van der Waals surface area (Å²) >= 11 is 0. The summed E-state index contributed by atoms with van der Waals surface area (Å²) in [5.74, 6) is 0.216. The molecule has 78 heavy (non-hydrogen) atoms. The molecule has 1 saturated carbocycles. The van der Waals surface area contributed by atoms with Gasteiger partial charge in [-0.3, -0.25) is 39.1 Å². The first-order chi connectivity index (χ1) is 37.6. The Morgan fingerprint density at radius 3 is 2.44 bits per heavy atom. The number of hydrogen-bond acceptors (Lipinski definition) is 12. The molecule has 2 amide bonds. The molecule has 7 heterocycles. The van der Waals surface area contributed by atoms with Gasteiger partial charge in [0.1, 0.15) is 12.7 Å².